The van der Waals surface area contributed by atoms with Gasteiger partial charge in [0.15, 0.2) is 0 Å². The molecule has 3 aromatic rings. The van der Waals surface area contributed by atoms with Crippen molar-refractivity contribution in [2.45, 2.75) is 28.7 Å². The number of aromatic nitrogens is 1. The molecule has 27 heavy (non-hydrogen) atoms. The number of ether oxygens (including phenoxy) is 1. The van der Waals surface area contributed by atoms with Crippen LogP contribution in [0, 0.1) is 5.82 Å². The number of aromatic amines is 1. The maximum atomic E-state index is 14.0. The molecule has 2 aromatic carbocycles. The third kappa shape index (κ3) is 3.67. The van der Waals surface area contributed by atoms with Crippen molar-refractivity contribution in [3.63, 3.8) is 0 Å². The molecule has 0 bridgehead atoms. The van der Waals surface area contributed by atoms with E-state index in [4.69, 9.17) is 4.74 Å². The van der Waals surface area contributed by atoms with Crippen molar-refractivity contribution in [3.05, 3.63) is 54.5 Å². The molecule has 5 nitrogen and oxygen atoms in total. The summed E-state index contributed by atoms with van der Waals surface area (Å²) in [5.41, 5.74) is 0.598. The number of hydrogen-bond donors (Lipinski definition) is 2. The van der Waals surface area contributed by atoms with Crippen molar-refractivity contribution < 1.29 is 17.5 Å². The van der Waals surface area contributed by atoms with Crippen LogP contribution in [-0.4, -0.2) is 32.6 Å². The number of benzene rings is 2. The standard InChI is InChI=1S/C19H19FN2O3S.ClH/c20-15-7-1-2-9-17(15)26(23,24)18-11-22-19-14(18)6-3-8-16(19)25-12-13-5-4-10-21-13;/h1-3,6-9,11,13,21-22H,4-5,10,12H2;1H/t13-;/m0./s1. The highest BCUT2D eigenvalue weighted by molar-refractivity contribution is 7.91. The van der Waals surface area contributed by atoms with Crippen molar-refractivity contribution >= 4 is 33.1 Å². The van der Waals surface area contributed by atoms with Crippen LogP contribution < -0.4 is 10.1 Å². The first-order valence-electron chi connectivity index (χ1n) is 8.53. The molecule has 144 valence electrons. The van der Waals surface area contributed by atoms with Gasteiger partial charge in [-0.25, -0.2) is 12.8 Å². The van der Waals surface area contributed by atoms with Gasteiger partial charge in [0, 0.05) is 17.6 Å². The van der Waals surface area contributed by atoms with E-state index in [0.29, 0.717) is 29.3 Å². The smallest absolute Gasteiger partial charge is 0.211 e. The molecule has 0 spiro atoms. The summed E-state index contributed by atoms with van der Waals surface area (Å²) in [6, 6.07) is 10.9. The van der Waals surface area contributed by atoms with Crippen LogP contribution in [0.15, 0.2) is 58.5 Å². The van der Waals surface area contributed by atoms with Crippen LogP contribution in [0.25, 0.3) is 10.9 Å². The minimum absolute atomic E-state index is 0. The largest absolute Gasteiger partial charge is 0.490 e. The fourth-order valence-electron chi connectivity index (χ4n) is 3.31. The van der Waals surface area contributed by atoms with E-state index in [0.717, 1.165) is 25.5 Å². The van der Waals surface area contributed by atoms with Crippen LogP contribution in [0.3, 0.4) is 0 Å². The van der Waals surface area contributed by atoms with Gasteiger partial charge in [-0.3, -0.25) is 0 Å². The van der Waals surface area contributed by atoms with Crippen molar-refractivity contribution in [1.82, 2.24) is 10.3 Å². The van der Waals surface area contributed by atoms with Crippen molar-refractivity contribution in [2.24, 2.45) is 0 Å². The second-order valence-corrected chi connectivity index (χ2v) is 8.26. The lowest BCUT2D eigenvalue weighted by Gasteiger charge is -2.12. The fourth-order valence-corrected chi connectivity index (χ4v) is 4.81. The van der Waals surface area contributed by atoms with Gasteiger partial charge in [0.25, 0.3) is 0 Å². The van der Waals surface area contributed by atoms with Gasteiger partial charge in [0.05, 0.1) is 10.4 Å². The number of sulfone groups is 1. The Balaban J connectivity index is 0.00000210. The number of rotatable bonds is 5. The van der Waals surface area contributed by atoms with Gasteiger partial charge in [-0.2, -0.15) is 0 Å². The summed E-state index contributed by atoms with van der Waals surface area (Å²) in [6.45, 7) is 1.51. The van der Waals surface area contributed by atoms with Crippen LogP contribution in [0.4, 0.5) is 4.39 Å². The van der Waals surface area contributed by atoms with Gasteiger partial charge in [-0.05, 0) is 37.6 Å². The number of halogens is 2. The van der Waals surface area contributed by atoms with E-state index in [2.05, 4.69) is 10.3 Å². The Morgan fingerprint density at radius 3 is 2.67 bits per heavy atom. The van der Waals surface area contributed by atoms with Crippen LogP contribution in [0.1, 0.15) is 12.8 Å². The second kappa shape index (κ2) is 7.88. The Morgan fingerprint density at radius 1 is 1.11 bits per heavy atom. The molecule has 8 heteroatoms. The second-order valence-electron chi connectivity index (χ2n) is 6.37. The van der Waals surface area contributed by atoms with E-state index in [1.54, 1.807) is 18.2 Å². The molecule has 0 saturated carbocycles. The highest BCUT2D eigenvalue weighted by Gasteiger charge is 2.25. The SMILES string of the molecule is Cl.O=S(=O)(c1ccccc1F)c1c[nH]c2c(OC[C@@H]3CCCN3)cccc12. The number of hydrogen-bond acceptors (Lipinski definition) is 4. The summed E-state index contributed by atoms with van der Waals surface area (Å²) in [5, 5.41) is 3.85. The lowest BCUT2D eigenvalue weighted by atomic mass is 10.2. The summed E-state index contributed by atoms with van der Waals surface area (Å²) < 4.78 is 45.7. The third-order valence-electron chi connectivity index (χ3n) is 4.66. The fraction of sp³-hybridized carbons (Fsp3) is 0.263. The zero-order valence-electron chi connectivity index (χ0n) is 14.4. The summed E-state index contributed by atoms with van der Waals surface area (Å²) >= 11 is 0. The summed E-state index contributed by atoms with van der Waals surface area (Å²) in [6.07, 6.45) is 3.59. The highest BCUT2D eigenvalue weighted by Crippen LogP contribution is 2.33. The predicted molar refractivity (Wildman–Crippen MR) is 104 cm³/mol. The zero-order valence-corrected chi connectivity index (χ0v) is 16.1. The average molecular weight is 411 g/mol. The lowest BCUT2D eigenvalue weighted by molar-refractivity contribution is 0.280. The van der Waals surface area contributed by atoms with Gasteiger partial charge >= 0.3 is 0 Å². The number of H-pyrrole nitrogens is 1. The average Bonchev–Trinajstić information content (AvgIpc) is 3.30. The molecule has 1 aliphatic heterocycles. The van der Waals surface area contributed by atoms with Gasteiger partial charge in [-0.1, -0.05) is 24.3 Å². The number of fused-ring (bicyclic) bond motifs is 1. The number of nitrogens with one attached hydrogen (secondary N) is 2. The summed E-state index contributed by atoms with van der Waals surface area (Å²) in [5.74, 6) is -0.173. The normalized spacial score (nSPS) is 17.0. The van der Waals surface area contributed by atoms with Crippen molar-refractivity contribution in [2.75, 3.05) is 13.2 Å². The molecule has 1 aliphatic rings. The van der Waals surface area contributed by atoms with E-state index < -0.39 is 15.7 Å². The van der Waals surface area contributed by atoms with Crippen molar-refractivity contribution in [3.8, 4) is 5.75 Å². The topological polar surface area (TPSA) is 71.2 Å². The van der Waals surface area contributed by atoms with E-state index >= 15 is 0 Å². The molecule has 1 saturated heterocycles. The van der Waals surface area contributed by atoms with E-state index in [1.807, 2.05) is 0 Å². The molecule has 2 heterocycles. The molecular formula is C19H20ClFN2O3S. The molecule has 2 N–H and O–H groups in total. The Hall–Kier alpha value is -2.09. The monoisotopic (exact) mass is 410 g/mol. The summed E-state index contributed by atoms with van der Waals surface area (Å²) in [7, 11) is -3.97. The molecule has 1 atom stereocenters. The van der Waals surface area contributed by atoms with Gasteiger partial charge < -0.3 is 15.0 Å². The van der Waals surface area contributed by atoms with Crippen molar-refractivity contribution in [1.29, 1.82) is 0 Å². The predicted octanol–water partition coefficient (Wildman–Crippen LogP) is 3.69. The minimum Gasteiger partial charge on any atom is -0.490 e. The molecule has 0 aliphatic carbocycles. The first kappa shape index (κ1) is 19.7. The molecule has 1 fully saturated rings. The first-order chi connectivity index (χ1) is 12.6. The zero-order chi connectivity index (χ0) is 18.1. The Kier molecular flexibility index (Phi) is 5.74. The maximum absolute atomic E-state index is 14.0. The van der Waals surface area contributed by atoms with Gasteiger partial charge in [0.1, 0.15) is 23.1 Å². The van der Waals surface area contributed by atoms with Crippen LogP contribution in [-0.2, 0) is 9.84 Å². The Morgan fingerprint density at radius 2 is 1.93 bits per heavy atom. The molecule has 0 unspecified atom stereocenters. The molecule has 0 amide bonds. The highest BCUT2D eigenvalue weighted by atomic mass is 35.5. The van der Waals surface area contributed by atoms with E-state index in [9.17, 15) is 12.8 Å². The summed E-state index contributed by atoms with van der Waals surface area (Å²) in [4.78, 5) is 2.69. The Bertz CT molecular complexity index is 1050. The van der Waals surface area contributed by atoms with Crippen LogP contribution in [0.5, 0.6) is 5.75 Å². The van der Waals surface area contributed by atoms with Crippen LogP contribution in [0.2, 0.25) is 0 Å². The van der Waals surface area contributed by atoms with Gasteiger partial charge in [0.2, 0.25) is 9.84 Å². The molecule has 0 radical (unpaired) electrons. The molecular weight excluding hydrogens is 391 g/mol. The van der Waals surface area contributed by atoms with E-state index in [-0.39, 0.29) is 22.2 Å². The lowest BCUT2D eigenvalue weighted by Crippen LogP contribution is -2.28. The van der Waals surface area contributed by atoms with Crippen LogP contribution >= 0.6 is 12.4 Å². The maximum Gasteiger partial charge on any atom is 0.211 e. The van der Waals surface area contributed by atoms with E-state index in [1.165, 1.54) is 24.4 Å². The third-order valence-corrected chi connectivity index (χ3v) is 6.48. The number of para-hydroxylation sites is 1. The quantitative estimate of drug-likeness (QED) is 0.673. The minimum atomic E-state index is -3.97. The van der Waals surface area contributed by atoms with Gasteiger partial charge in [-0.15, -0.1) is 12.4 Å². The molecule has 4 rings (SSSR count). The Labute approximate surface area is 163 Å². The molecule has 1 aromatic heterocycles. The first-order valence-corrected chi connectivity index (χ1v) is 10.0.